The Hall–Kier alpha value is -0.900. The molecule has 15 heavy (non-hydrogen) atoms. The maximum atomic E-state index is 4.20. The van der Waals surface area contributed by atoms with Crippen LogP contribution >= 0.6 is 0 Å². The van der Waals surface area contributed by atoms with E-state index in [-0.39, 0.29) is 0 Å². The van der Waals surface area contributed by atoms with Crippen LogP contribution in [0, 0.1) is 0 Å². The van der Waals surface area contributed by atoms with E-state index in [2.05, 4.69) is 33.5 Å². The van der Waals surface area contributed by atoms with Crippen LogP contribution in [-0.4, -0.2) is 38.8 Å². The average molecular weight is 208 g/mol. The molecule has 0 aliphatic carbocycles. The maximum absolute atomic E-state index is 4.20. The first-order valence-corrected chi connectivity index (χ1v) is 5.76. The van der Waals surface area contributed by atoms with E-state index in [0.29, 0.717) is 12.0 Å². The van der Waals surface area contributed by atoms with Crippen LogP contribution in [0.4, 0.5) is 0 Å². The van der Waals surface area contributed by atoms with Crippen LogP contribution in [-0.2, 0) is 7.05 Å². The number of hydrogen-bond acceptors (Lipinski definition) is 3. The Labute approximate surface area is 91.3 Å². The summed E-state index contributed by atoms with van der Waals surface area (Å²) in [5, 5.41) is 8.15. The Kier molecular flexibility index (Phi) is 3.05. The zero-order chi connectivity index (χ0) is 10.8. The summed E-state index contributed by atoms with van der Waals surface area (Å²) in [5.74, 6) is 1.76. The summed E-state index contributed by atoms with van der Waals surface area (Å²) >= 11 is 0. The van der Waals surface area contributed by atoms with Gasteiger partial charge >= 0.3 is 0 Å². The van der Waals surface area contributed by atoms with Crippen molar-refractivity contribution in [2.75, 3.05) is 13.1 Å². The van der Waals surface area contributed by atoms with Crippen molar-refractivity contribution >= 4 is 0 Å². The number of aromatic nitrogens is 3. The molecule has 0 unspecified atom stereocenters. The SMILES string of the molecule is CC(C)N1CCC(c2nncn2C)CC1. The summed E-state index contributed by atoms with van der Waals surface area (Å²) in [6, 6.07) is 0.672. The molecular formula is C11H20N4. The van der Waals surface area contributed by atoms with Crippen LogP contribution in [0.2, 0.25) is 0 Å². The fourth-order valence-corrected chi connectivity index (χ4v) is 2.34. The molecule has 84 valence electrons. The van der Waals surface area contributed by atoms with Gasteiger partial charge < -0.3 is 9.47 Å². The molecule has 1 aromatic heterocycles. The van der Waals surface area contributed by atoms with Gasteiger partial charge in [-0.25, -0.2) is 0 Å². The highest BCUT2D eigenvalue weighted by molar-refractivity contribution is 4.98. The lowest BCUT2D eigenvalue weighted by molar-refractivity contribution is 0.168. The van der Waals surface area contributed by atoms with Crippen molar-refractivity contribution in [1.82, 2.24) is 19.7 Å². The fraction of sp³-hybridized carbons (Fsp3) is 0.818. The Morgan fingerprint density at radius 2 is 2.00 bits per heavy atom. The molecule has 1 aromatic rings. The molecule has 1 fully saturated rings. The summed E-state index contributed by atoms with van der Waals surface area (Å²) in [4.78, 5) is 2.53. The molecule has 1 aliphatic heterocycles. The molecular weight excluding hydrogens is 188 g/mol. The van der Waals surface area contributed by atoms with Gasteiger partial charge in [-0.15, -0.1) is 10.2 Å². The van der Waals surface area contributed by atoms with E-state index in [9.17, 15) is 0 Å². The zero-order valence-corrected chi connectivity index (χ0v) is 9.85. The molecule has 0 spiro atoms. The molecule has 0 N–H and O–H groups in total. The first kappa shape index (κ1) is 10.6. The molecule has 4 nitrogen and oxygen atoms in total. The Morgan fingerprint density at radius 3 is 2.47 bits per heavy atom. The Balaban J connectivity index is 1.97. The molecule has 0 aromatic carbocycles. The maximum Gasteiger partial charge on any atom is 0.135 e. The van der Waals surface area contributed by atoms with Gasteiger partial charge in [-0.05, 0) is 39.8 Å². The minimum absolute atomic E-state index is 0.604. The van der Waals surface area contributed by atoms with Gasteiger partial charge in [0.05, 0.1) is 0 Å². The third-order valence-corrected chi connectivity index (χ3v) is 3.37. The van der Waals surface area contributed by atoms with Crippen LogP contribution in [0.5, 0.6) is 0 Å². The highest BCUT2D eigenvalue weighted by Crippen LogP contribution is 2.26. The van der Waals surface area contributed by atoms with Gasteiger partial charge in [0.1, 0.15) is 12.2 Å². The second-order valence-corrected chi connectivity index (χ2v) is 4.70. The fourth-order valence-electron chi connectivity index (χ4n) is 2.34. The van der Waals surface area contributed by atoms with Crippen molar-refractivity contribution in [2.45, 2.75) is 38.6 Å². The summed E-state index contributed by atoms with van der Waals surface area (Å²) in [7, 11) is 2.03. The van der Waals surface area contributed by atoms with Gasteiger partial charge in [0.25, 0.3) is 0 Å². The molecule has 0 atom stereocenters. The number of rotatable bonds is 2. The smallest absolute Gasteiger partial charge is 0.135 e. The highest BCUT2D eigenvalue weighted by atomic mass is 15.3. The molecule has 0 bridgehead atoms. The molecule has 2 rings (SSSR count). The van der Waals surface area contributed by atoms with Crippen molar-refractivity contribution in [3.05, 3.63) is 12.2 Å². The van der Waals surface area contributed by atoms with Crippen LogP contribution < -0.4 is 0 Å². The van der Waals surface area contributed by atoms with Gasteiger partial charge in [0.2, 0.25) is 0 Å². The molecule has 1 saturated heterocycles. The topological polar surface area (TPSA) is 34.0 Å². The average Bonchev–Trinajstić information content (AvgIpc) is 2.65. The van der Waals surface area contributed by atoms with Gasteiger partial charge in [-0.2, -0.15) is 0 Å². The second kappa shape index (κ2) is 4.31. The van der Waals surface area contributed by atoms with E-state index >= 15 is 0 Å². The number of likely N-dealkylation sites (tertiary alicyclic amines) is 1. The van der Waals surface area contributed by atoms with Crippen molar-refractivity contribution in [3.63, 3.8) is 0 Å². The molecule has 4 heteroatoms. The first-order chi connectivity index (χ1) is 7.18. The third kappa shape index (κ3) is 2.20. The van der Waals surface area contributed by atoms with E-state index in [1.54, 1.807) is 6.33 Å². The van der Waals surface area contributed by atoms with Gasteiger partial charge in [-0.3, -0.25) is 0 Å². The summed E-state index contributed by atoms with van der Waals surface area (Å²) in [5.41, 5.74) is 0. The van der Waals surface area contributed by atoms with Gasteiger partial charge in [0.15, 0.2) is 0 Å². The Bertz CT molecular complexity index is 310. The lowest BCUT2D eigenvalue weighted by Gasteiger charge is -2.34. The van der Waals surface area contributed by atoms with Crippen molar-refractivity contribution in [2.24, 2.45) is 7.05 Å². The molecule has 2 heterocycles. The predicted molar refractivity (Wildman–Crippen MR) is 59.7 cm³/mol. The van der Waals surface area contributed by atoms with E-state index < -0.39 is 0 Å². The van der Waals surface area contributed by atoms with E-state index in [1.165, 1.54) is 25.9 Å². The lowest BCUT2D eigenvalue weighted by atomic mass is 9.95. The molecule has 0 radical (unpaired) electrons. The number of hydrogen-bond donors (Lipinski definition) is 0. The summed E-state index contributed by atoms with van der Waals surface area (Å²) < 4.78 is 2.05. The minimum atomic E-state index is 0.604. The normalized spacial score (nSPS) is 20.0. The number of piperidine rings is 1. The van der Waals surface area contributed by atoms with Crippen molar-refractivity contribution < 1.29 is 0 Å². The van der Waals surface area contributed by atoms with Crippen molar-refractivity contribution in [3.8, 4) is 0 Å². The third-order valence-electron chi connectivity index (χ3n) is 3.37. The standard InChI is InChI=1S/C11H20N4/c1-9(2)15-6-4-10(5-7-15)11-13-12-8-14(11)3/h8-10H,4-7H2,1-3H3. The molecule has 0 saturated carbocycles. The lowest BCUT2D eigenvalue weighted by Crippen LogP contribution is -2.38. The number of aryl methyl sites for hydroxylation is 1. The molecule has 1 aliphatic rings. The minimum Gasteiger partial charge on any atom is -0.320 e. The second-order valence-electron chi connectivity index (χ2n) is 4.70. The van der Waals surface area contributed by atoms with Crippen LogP contribution in [0.3, 0.4) is 0 Å². The van der Waals surface area contributed by atoms with Crippen molar-refractivity contribution in [1.29, 1.82) is 0 Å². The van der Waals surface area contributed by atoms with Gasteiger partial charge in [0, 0.05) is 19.0 Å². The predicted octanol–water partition coefficient (Wildman–Crippen LogP) is 1.40. The first-order valence-electron chi connectivity index (χ1n) is 5.76. The van der Waals surface area contributed by atoms with Gasteiger partial charge in [-0.1, -0.05) is 0 Å². The largest absolute Gasteiger partial charge is 0.320 e. The monoisotopic (exact) mass is 208 g/mol. The van der Waals surface area contributed by atoms with Crippen LogP contribution in [0.15, 0.2) is 6.33 Å². The molecule has 0 amide bonds. The van der Waals surface area contributed by atoms with Crippen LogP contribution in [0.25, 0.3) is 0 Å². The summed E-state index contributed by atoms with van der Waals surface area (Å²) in [6.07, 6.45) is 4.22. The highest BCUT2D eigenvalue weighted by Gasteiger charge is 2.24. The zero-order valence-electron chi connectivity index (χ0n) is 9.85. The Morgan fingerprint density at radius 1 is 1.33 bits per heavy atom. The quantitative estimate of drug-likeness (QED) is 0.737. The van der Waals surface area contributed by atoms with E-state index in [1.807, 2.05) is 7.05 Å². The van der Waals surface area contributed by atoms with Crippen LogP contribution in [0.1, 0.15) is 38.4 Å². The summed E-state index contributed by atoms with van der Waals surface area (Å²) in [6.45, 7) is 6.91. The van der Waals surface area contributed by atoms with E-state index in [0.717, 1.165) is 5.82 Å². The van der Waals surface area contributed by atoms with E-state index in [4.69, 9.17) is 0 Å². The number of nitrogens with zero attached hydrogens (tertiary/aromatic N) is 4.